The first-order valence-electron chi connectivity index (χ1n) is 5.41. The van der Waals surface area contributed by atoms with Gasteiger partial charge in [0.25, 0.3) is 10.0 Å². The molecule has 0 unspecified atom stereocenters. The fraction of sp³-hybridized carbons (Fsp3) is 0.0833. The van der Waals surface area contributed by atoms with Crippen molar-refractivity contribution in [1.82, 2.24) is 0 Å². The summed E-state index contributed by atoms with van der Waals surface area (Å²) in [6.07, 6.45) is 0. The Labute approximate surface area is 124 Å². The number of aromatic carboxylic acids is 1. The second-order valence-electron chi connectivity index (χ2n) is 3.99. The van der Waals surface area contributed by atoms with Crippen LogP contribution in [-0.4, -0.2) is 19.5 Å². The molecule has 0 atom stereocenters. The molecule has 2 aromatic rings. The molecule has 0 saturated heterocycles. The Bertz CT molecular complexity index is 768. The molecular weight excluding hydrogens is 322 g/mol. The van der Waals surface area contributed by atoms with E-state index < -0.39 is 16.0 Å². The number of carboxylic acid groups (broad SMARTS) is 1. The Kier molecular flexibility index (Phi) is 4.03. The number of benzene rings is 1. The number of nitrogens with one attached hydrogen (secondary N) is 1. The lowest BCUT2D eigenvalue weighted by atomic mass is 10.2. The highest BCUT2D eigenvalue weighted by Crippen LogP contribution is 2.26. The van der Waals surface area contributed by atoms with Gasteiger partial charge in [-0.2, -0.15) is 0 Å². The van der Waals surface area contributed by atoms with E-state index in [1.165, 1.54) is 23.6 Å². The Morgan fingerprint density at radius 2 is 2.05 bits per heavy atom. The predicted octanol–water partition coefficient (Wildman–Crippen LogP) is 3.21. The van der Waals surface area contributed by atoms with Crippen LogP contribution in [0.5, 0.6) is 0 Å². The van der Waals surface area contributed by atoms with Crippen LogP contribution in [0.3, 0.4) is 0 Å². The van der Waals surface area contributed by atoms with Crippen LogP contribution < -0.4 is 4.72 Å². The van der Waals surface area contributed by atoms with Crippen molar-refractivity contribution in [3.05, 3.63) is 45.1 Å². The van der Waals surface area contributed by atoms with Crippen LogP contribution in [0.4, 0.5) is 5.69 Å². The van der Waals surface area contributed by atoms with Gasteiger partial charge in [0.1, 0.15) is 4.88 Å². The Morgan fingerprint density at radius 1 is 1.35 bits per heavy atom. The summed E-state index contributed by atoms with van der Waals surface area (Å²) in [4.78, 5) is 10.9. The zero-order valence-electron chi connectivity index (χ0n) is 10.3. The molecule has 5 nitrogen and oxygen atoms in total. The van der Waals surface area contributed by atoms with E-state index in [1.54, 1.807) is 13.0 Å². The molecule has 0 amide bonds. The minimum atomic E-state index is -3.87. The Morgan fingerprint density at radius 3 is 2.65 bits per heavy atom. The first-order chi connectivity index (χ1) is 9.31. The molecule has 2 N–H and O–H groups in total. The molecule has 1 aromatic carbocycles. The largest absolute Gasteiger partial charge is 0.477 e. The van der Waals surface area contributed by atoms with Crippen molar-refractivity contribution in [2.24, 2.45) is 0 Å². The van der Waals surface area contributed by atoms with Crippen LogP contribution in [0.25, 0.3) is 0 Å². The molecule has 0 fully saturated rings. The predicted molar refractivity (Wildman–Crippen MR) is 78.3 cm³/mol. The van der Waals surface area contributed by atoms with Crippen LogP contribution in [-0.2, 0) is 10.0 Å². The normalized spacial score (nSPS) is 11.3. The highest BCUT2D eigenvalue weighted by Gasteiger charge is 2.20. The van der Waals surface area contributed by atoms with Crippen LogP contribution in [0.2, 0.25) is 5.02 Å². The SMILES string of the molecule is Cc1ccc(S(=O)(=O)Nc2ccsc2C(=O)O)cc1Cl. The molecule has 1 aromatic heterocycles. The number of hydrogen-bond acceptors (Lipinski definition) is 4. The van der Waals surface area contributed by atoms with Gasteiger partial charge in [0, 0.05) is 5.02 Å². The summed E-state index contributed by atoms with van der Waals surface area (Å²) in [5.41, 5.74) is 0.798. The third-order valence-electron chi connectivity index (χ3n) is 2.56. The van der Waals surface area contributed by atoms with Gasteiger partial charge in [0.05, 0.1) is 10.6 Å². The first kappa shape index (κ1) is 14.8. The number of sulfonamides is 1. The van der Waals surface area contributed by atoms with Crippen LogP contribution >= 0.6 is 22.9 Å². The maximum Gasteiger partial charge on any atom is 0.348 e. The van der Waals surface area contributed by atoms with Gasteiger partial charge in [-0.3, -0.25) is 4.72 Å². The van der Waals surface area contributed by atoms with Crippen molar-refractivity contribution in [3.63, 3.8) is 0 Å². The maximum atomic E-state index is 12.2. The minimum Gasteiger partial charge on any atom is -0.477 e. The van der Waals surface area contributed by atoms with E-state index in [0.29, 0.717) is 5.02 Å². The highest BCUT2D eigenvalue weighted by molar-refractivity contribution is 7.92. The highest BCUT2D eigenvalue weighted by atomic mass is 35.5. The van der Waals surface area contributed by atoms with Crippen molar-refractivity contribution in [2.75, 3.05) is 4.72 Å². The fourth-order valence-corrected chi connectivity index (χ4v) is 3.59. The third-order valence-corrected chi connectivity index (χ3v) is 5.23. The monoisotopic (exact) mass is 331 g/mol. The van der Waals surface area contributed by atoms with E-state index in [0.717, 1.165) is 16.9 Å². The summed E-state index contributed by atoms with van der Waals surface area (Å²) in [5, 5.41) is 10.8. The van der Waals surface area contributed by atoms with Gasteiger partial charge >= 0.3 is 5.97 Å². The summed E-state index contributed by atoms with van der Waals surface area (Å²) in [5.74, 6) is -1.18. The van der Waals surface area contributed by atoms with E-state index in [1.807, 2.05) is 0 Å². The number of hydrogen-bond donors (Lipinski definition) is 2. The van der Waals surface area contributed by atoms with Gasteiger partial charge in [0.15, 0.2) is 0 Å². The standard InChI is InChI=1S/C12H10ClNO4S2/c1-7-2-3-8(6-9(7)13)20(17,18)14-10-4-5-19-11(10)12(15)16/h2-6,14H,1H3,(H,15,16). The van der Waals surface area contributed by atoms with Gasteiger partial charge in [-0.15, -0.1) is 11.3 Å². The zero-order chi connectivity index (χ0) is 14.9. The van der Waals surface area contributed by atoms with E-state index in [2.05, 4.69) is 4.72 Å². The quantitative estimate of drug-likeness (QED) is 0.901. The number of thiophene rings is 1. The summed E-state index contributed by atoms with van der Waals surface area (Å²) in [7, 11) is -3.87. The summed E-state index contributed by atoms with van der Waals surface area (Å²) < 4.78 is 26.6. The van der Waals surface area contributed by atoms with Crippen molar-refractivity contribution >= 4 is 44.6 Å². The molecule has 8 heteroatoms. The molecule has 1 heterocycles. The second kappa shape index (κ2) is 5.43. The van der Waals surface area contributed by atoms with Gasteiger partial charge in [-0.05, 0) is 36.1 Å². The lowest BCUT2D eigenvalue weighted by Crippen LogP contribution is -2.14. The minimum absolute atomic E-state index is 0.0179. The number of rotatable bonds is 4. The average molecular weight is 332 g/mol. The lowest BCUT2D eigenvalue weighted by molar-refractivity contribution is 0.0703. The van der Waals surface area contributed by atoms with Crippen molar-refractivity contribution in [2.45, 2.75) is 11.8 Å². The molecule has 106 valence electrons. The van der Waals surface area contributed by atoms with Gasteiger partial charge in [-0.1, -0.05) is 17.7 Å². The number of carboxylic acids is 1. The molecule has 0 aliphatic carbocycles. The summed E-state index contributed by atoms with van der Waals surface area (Å²) in [6.45, 7) is 1.76. The average Bonchev–Trinajstić information content (AvgIpc) is 2.80. The molecule has 20 heavy (non-hydrogen) atoms. The number of carbonyl (C=O) groups is 1. The number of aryl methyl sites for hydroxylation is 1. The molecule has 0 aliphatic rings. The lowest BCUT2D eigenvalue weighted by Gasteiger charge is -2.08. The molecule has 0 spiro atoms. The van der Waals surface area contributed by atoms with Crippen molar-refractivity contribution < 1.29 is 18.3 Å². The van der Waals surface area contributed by atoms with Crippen molar-refractivity contribution in [1.29, 1.82) is 0 Å². The van der Waals surface area contributed by atoms with Crippen LogP contribution in [0, 0.1) is 6.92 Å². The van der Waals surface area contributed by atoms with Gasteiger partial charge < -0.3 is 5.11 Å². The van der Waals surface area contributed by atoms with Crippen LogP contribution in [0.15, 0.2) is 34.5 Å². The van der Waals surface area contributed by atoms with E-state index >= 15 is 0 Å². The third kappa shape index (κ3) is 2.95. The molecule has 0 bridgehead atoms. The fourth-order valence-electron chi connectivity index (χ4n) is 1.50. The summed E-state index contributed by atoms with van der Waals surface area (Å²) >= 11 is 6.85. The number of anilines is 1. The molecule has 0 aliphatic heterocycles. The van der Waals surface area contributed by atoms with Gasteiger partial charge in [0.2, 0.25) is 0 Å². The molecular formula is C12H10ClNO4S2. The van der Waals surface area contributed by atoms with E-state index in [-0.39, 0.29) is 15.5 Å². The van der Waals surface area contributed by atoms with E-state index in [9.17, 15) is 13.2 Å². The first-order valence-corrected chi connectivity index (χ1v) is 8.15. The molecule has 0 saturated carbocycles. The molecule has 0 radical (unpaired) electrons. The zero-order valence-corrected chi connectivity index (χ0v) is 12.6. The van der Waals surface area contributed by atoms with Crippen LogP contribution in [0.1, 0.15) is 15.2 Å². The smallest absolute Gasteiger partial charge is 0.348 e. The Hall–Kier alpha value is -1.57. The second-order valence-corrected chi connectivity index (χ2v) is 6.99. The van der Waals surface area contributed by atoms with Crippen molar-refractivity contribution in [3.8, 4) is 0 Å². The number of halogens is 1. The van der Waals surface area contributed by atoms with E-state index in [4.69, 9.17) is 16.7 Å². The topological polar surface area (TPSA) is 83.5 Å². The summed E-state index contributed by atoms with van der Waals surface area (Å²) in [6, 6.07) is 5.73. The maximum absolute atomic E-state index is 12.2. The van der Waals surface area contributed by atoms with Gasteiger partial charge in [-0.25, -0.2) is 13.2 Å². The molecule has 2 rings (SSSR count). The Balaban J connectivity index is 2.38.